The molecule has 1 saturated heterocycles. The van der Waals surface area contributed by atoms with Crippen LogP contribution in [0.5, 0.6) is 0 Å². The molecule has 3 rings (SSSR count). The van der Waals surface area contributed by atoms with Gasteiger partial charge in [0.15, 0.2) is 0 Å². The van der Waals surface area contributed by atoms with Crippen LogP contribution in [0.15, 0.2) is 42.5 Å². The zero-order valence-corrected chi connectivity index (χ0v) is 15.7. The Hall–Kier alpha value is -2.80. The number of hydrogen-bond donors (Lipinski definition) is 2. The number of halogens is 1. The van der Waals surface area contributed by atoms with Gasteiger partial charge >= 0.3 is 0 Å². The van der Waals surface area contributed by atoms with Gasteiger partial charge in [-0.05, 0) is 49.1 Å². The van der Waals surface area contributed by atoms with Crippen LogP contribution in [0.2, 0.25) is 0 Å². The summed E-state index contributed by atoms with van der Waals surface area (Å²) < 4.78 is 0. The molecule has 1 aliphatic heterocycles. The lowest BCUT2D eigenvalue weighted by Crippen LogP contribution is -2.26. The normalized spacial score (nSPS) is 13.1. The van der Waals surface area contributed by atoms with Gasteiger partial charge < -0.3 is 16.0 Å². The van der Waals surface area contributed by atoms with E-state index in [0.29, 0.717) is 29.9 Å². The Morgan fingerprint density at radius 3 is 2.44 bits per heavy atom. The van der Waals surface area contributed by atoms with E-state index in [1.807, 2.05) is 29.2 Å². The molecule has 0 unspecified atom stereocenters. The van der Waals surface area contributed by atoms with E-state index in [2.05, 4.69) is 5.32 Å². The average Bonchev–Trinajstić information content (AvgIpc) is 3.17. The van der Waals surface area contributed by atoms with Gasteiger partial charge in [-0.2, -0.15) is 0 Å². The zero-order valence-electron chi connectivity index (χ0n) is 14.9. The Balaban J connectivity index is 0.00000261. The van der Waals surface area contributed by atoms with Crippen molar-refractivity contribution in [2.75, 3.05) is 30.3 Å². The second-order valence-corrected chi connectivity index (χ2v) is 6.40. The van der Waals surface area contributed by atoms with E-state index >= 15 is 0 Å². The Bertz CT molecular complexity index is 805. The van der Waals surface area contributed by atoms with Crippen LogP contribution < -0.4 is 16.0 Å². The lowest BCUT2D eigenvalue weighted by molar-refractivity contribution is -0.384. The third-order valence-corrected chi connectivity index (χ3v) is 4.56. The molecule has 2 aromatic rings. The maximum atomic E-state index is 12.3. The third kappa shape index (κ3) is 5.10. The van der Waals surface area contributed by atoms with Crippen molar-refractivity contribution in [3.63, 3.8) is 0 Å². The molecule has 0 spiro atoms. The fourth-order valence-electron chi connectivity index (χ4n) is 3.14. The van der Waals surface area contributed by atoms with Gasteiger partial charge in [0.05, 0.1) is 4.92 Å². The molecule has 1 fully saturated rings. The molecule has 3 N–H and O–H groups in total. The number of nitrogen functional groups attached to an aromatic ring is 1. The van der Waals surface area contributed by atoms with Gasteiger partial charge in [0.1, 0.15) is 5.69 Å². The number of hydrogen-bond acceptors (Lipinski definition) is 5. The summed E-state index contributed by atoms with van der Waals surface area (Å²) in [6.07, 6.45) is 2.73. The van der Waals surface area contributed by atoms with E-state index in [1.165, 1.54) is 6.07 Å². The summed E-state index contributed by atoms with van der Waals surface area (Å²) in [6, 6.07) is 12.2. The van der Waals surface area contributed by atoms with E-state index in [-0.39, 0.29) is 24.0 Å². The first-order valence-corrected chi connectivity index (χ1v) is 8.70. The smallest absolute Gasteiger partial charge is 0.293 e. The number of nitrogens with one attached hydrogen (secondary N) is 1. The van der Waals surface area contributed by atoms with E-state index in [9.17, 15) is 14.9 Å². The molecule has 2 aromatic carbocycles. The molecule has 0 aromatic heterocycles. The Labute approximate surface area is 164 Å². The predicted molar refractivity (Wildman–Crippen MR) is 109 cm³/mol. The molecular weight excluding hydrogens is 368 g/mol. The molecule has 1 amide bonds. The molecule has 8 heteroatoms. The maximum Gasteiger partial charge on any atom is 0.293 e. The van der Waals surface area contributed by atoms with Crippen molar-refractivity contribution < 1.29 is 9.72 Å². The highest BCUT2D eigenvalue weighted by Gasteiger charge is 2.23. The summed E-state index contributed by atoms with van der Waals surface area (Å²) in [7, 11) is 0. The minimum atomic E-state index is -0.418. The molecule has 1 heterocycles. The van der Waals surface area contributed by atoms with Gasteiger partial charge in [0.25, 0.3) is 11.6 Å². The Morgan fingerprint density at radius 1 is 1.15 bits per heavy atom. The summed E-state index contributed by atoms with van der Waals surface area (Å²) in [4.78, 5) is 25.3. The Kier molecular flexibility index (Phi) is 7.01. The second kappa shape index (κ2) is 9.23. The lowest BCUT2D eigenvalue weighted by atomic mass is 10.1. The molecule has 0 saturated carbocycles. The lowest BCUT2D eigenvalue weighted by Gasteiger charge is -2.17. The summed E-state index contributed by atoms with van der Waals surface area (Å²) in [6.45, 7) is 2.08. The number of nitro groups is 1. The monoisotopic (exact) mass is 390 g/mol. The first-order valence-electron chi connectivity index (χ1n) is 8.70. The van der Waals surface area contributed by atoms with Crippen molar-refractivity contribution in [3.05, 3.63) is 63.7 Å². The van der Waals surface area contributed by atoms with Gasteiger partial charge in [0, 0.05) is 37.0 Å². The molecule has 27 heavy (non-hydrogen) atoms. The van der Waals surface area contributed by atoms with E-state index in [4.69, 9.17) is 5.73 Å². The molecule has 0 radical (unpaired) electrons. The first kappa shape index (κ1) is 20.5. The van der Waals surface area contributed by atoms with Crippen molar-refractivity contribution in [2.24, 2.45) is 0 Å². The number of carbonyl (C=O) groups excluding carboxylic acids is 1. The quantitative estimate of drug-likeness (QED) is 0.448. The minimum Gasteiger partial charge on any atom is -0.399 e. The Morgan fingerprint density at radius 2 is 1.81 bits per heavy atom. The summed E-state index contributed by atoms with van der Waals surface area (Å²) in [5.41, 5.74) is 8.29. The fourth-order valence-corrected chi connectivity index (χ4v) is 3.14. The third-order valence-electron chi connectivity index (χ3n) is 4.56. The van der Waals surface area contributed by atoms with Crippen LogP contribution in [0.1, 0.15) is 28.8 Å². The summed E-state index contributed by atoms with van der Waals surface area (Å²) >= 11 is 0. The minimum absolute atomic E-state index is 0. The van der Waals surface area contributed by atoms with Crippen LogP contribution in [0, 0.1) is 10.1 Å². The number of carbonyl (C=O) groups is 1. The molecule has 0 atom stereocenters. The number of benzene rings is 2. The second-order valence-electron chi connectivity index (χ2n) is 6.40. The van der Waals surface area contributed by atoms with Gasteiger partial charge in [0.2, 0.25) is 0 Å². The van der Waals surface area contributed by atoms with Crippen LogP contribution in [-0.4, -0.2) is 30.5 Å². The van der Waals surface area contributed by atoms with Crippen LogP contribution in [0.4, 0.5) is 17.1 Å². The topological polar surface area (TPSA) is 102 Å². The predicted octanol–water partition coefficient (Wildman–Crippen LogP) is 3.17. The van der Waals surface area contributed by atoms with Crippen molar-refractivity contribution >= 4 is 35.4 Å². The van der Waals surface area contributed by atoms with Crippen LogP contribution in [0.3, 0.4) is 0 Å². The first-order chi connectivity index (χ1) is 12.5. The highest BCUT2D eigenvalue weighted by molar-refractivity contribution is 5.95. The molecule has 1 aliphatic rings. The van der Waals surface area contributed by atoms with Crippen LogP contribution >= 0.6 is 12.4 Å². The molecule has 144 valence electrons. The summed E-state index contributed by atoms with van der Waals surface area (Å²) in [5, 5.41) is 14.2. The summed E-state index contributed by atoms with van der Waals surface area (Å²) in [5.74, 6) is -0.309. The number of anilines is 2. The van der Waals surface area contributed by atoms with E-state index < -0.39 is 4.92 Å². The van der Waals surface area contributed by atoms with Crippen LogP contribution in [0.25, 0.3) is 0 Å². The van der Waals surface area contributed by atoms with Gasteiger partial charge in [-0.15, -0.1) is 12.4 Å². The average molecular weight is 391 g/mol. The number of nitrogens with zero attached hydrogens (tertiary/aromatic N) is 2. The number of rotatable bonds is 6. The molecule has 7 nitrogen and oxygen atoms in total. The standard InChI is InChI=1S/C19H22N4O3.ClH/c20-16-6-3-14(4-7-16)9-10-21-19(24)15-5-8-17(18(13-15)23(25)26)22-11-1-2-12-22;/h3-8,13H,1-2,9-12,20H2,(H,21,24);1H. The van der Waals surface area contributed by atoms with Crippen LogP contribution in [-0.2, 0) is 6.42 Å². The van der Waals surface area contributed by atoms with Gasteiger partial charge in [-0.25, -0.2) is 0 Å². The van der Waals surface area contributed by atoms with Crippen molar-refractivity contribution in [1.82, 2.24) is 5.32 Å². The maximum absolute atomic E-state index is 12.3. The zero-order chi connectivity index (χ0) is 18.5. The fraction of sp³-hybridized carbons (Fsp3) is 0.316. The molecule has 0 aliphatic carbocycles. The SMILES string of the molecule is Cl.Nc1ccc(CCNC(=O)c2ccc(N3CCCC3)c([N+](=O)[O-])c2)cc1. The number of nitro benzene ring substituents is 1. The number of nitrogens with two attached hydrogens (primary N) is 1. The van der Waals surface area contributed by atoms with Gasteiger partial charge in [-0.1, -0.05) is 12.1 Å². The molecular formula is C19H23ClN4O3. The number of amides is 1. The van der Waals surface area contributed by atoms with Gasteiger partial charge in [-0.3, -0.25) is 14.9 Å². The van der Waals surface area contributed by atoms with Crippen molar-refractivity contribution in [1.29, 1.82) is 0 Å². The highest BCUT2D eigenvalue weighted by Crippen LogP contribution is 2.31. The van der Waals surface area contributed by atoms with E-state index in [0.717, 1.165) is 31.5 Å². The van der Waals surface area contributed by atoms with Crippen molar-refractivity contribution in [3.8, 4) is 0 Å². The highest BCUT2D eigenvalue weighted by atomic mass is 35.5. The molecule has 0 bridgehead atoms. The van der Waals surface area contributed by atoms with Crippen molar-refractivity contribution in [2.45, 2.75) is 19.3 Å². The van der Waals surface area contributed by atoms with E-state index in [1.54, 1.807) is 12.1 Å². The largest absolute Gasteiger partial charge is 0.399 e.